The number of hydrogen-bond acceptors (Lipinski definition) is 4. The zero-order chi connectivity index (χ0) is 9.42. The predicted octanol–water partition coefficient (Wildman–Crippen LogP) is 2.52. The minimum absolute atomic E-state index is 0.425. The molecule has 0 fully saturated rings. The van der Waals surface area contributed by atoms with E-state index in [0.717, 1.165) is 10.2 Å². The summed E-state index contributed by atoms with van der Waals surface area (Å²) in [5, 5.41) is 9.09. The summed E-state index contributed by atoms with van der Waals surface area (Å²) in [5.74, 6) is 0.625. The van der Waals surface area contributed by atoms with Crippen molar-refractivity contribution in [3.8, 4) is 6.07 Å². The quantitative estimate of drug-likeness (QED) is 0.627. The summed E-state index contributed by atoms with van der Waals surface area (Å²) >= 11 is 7.20. The van der Waals surface area contributed by atoms with Gasteiger partial charge in [-0.25, -0.2) is 9.97 Å². The van der Waals surface area contributed by atoms with Crippen LogP contribution in [0.5, 0.6) is 0 Å². The van der Waals surface area contributed by atoms with E-state index >= 15 is 0 Å². The van der Waals surface area contributed by atoms with E-state index in [1.54, 1.807) is 13.0 Å². The van der Waals surface area contributed by atoms with Crippen molar-refractivity contribution in [2.45, 2.75) is 6.92 Å². The summed E-state index contributed by atoms with van der Waals surface area (Å²) in [6.07, 6.45) is 0. The molecular formula is C8H4ClN3S. The van der Waals surface area contributed by atoms with Crippen molar-refractivity contribution in [3.05, 3.63) is 21.9 Å². The van der Waals surface area contributed by atoms with Gasteiger partial charge in [0.15, 0.2) is 5.15 Å². The van der Waals surface area contributed by atoms with Crippen molar-refractivity contribution < 1.29 is 0 Å². The molecule has 0 aliphatic rings. The Kier molecular flexibility index (Phi) is 1.91. The van der Waals surface area contributed by atoms with Crippen molar-refractivity contribution in [2.75, 3.05) is 0 Å². The lowest BCUT2D eigenvalue weighted by Gasteiger charge is -1.93. The van der Waals surface area contributed by atoms with E-state index in [1.165, 1.54) is 11.3 Å². The van der Waals surface area contributed by atoms with Crippen LogP contribution in [0.15, 0.2) is 6.07 Å². The van der Waals surface area contributed by atoms with E-state index in [4.69, 9.17) is 16.9 Å². The van der Waals surface area contributed by atoms with Crippen LogP contribution < -0.4 is 0 Å². The highest BCUT2D eigenvalue weighted by Crippen LogP contribution is 2.28. The van der Waals surface area contributed by atoms with Crippen molar-refractivity contribution in [1.82, 2.24) is 9.97 Å². The van der Waals surface area contributed by atoms with Gasteiger partial charge in [-0.15, -0.1) is 11.3 Å². The van der Waals surface area contributed by atoms with Crippen LogP contribution in [0, 0.1) is 18.3 Å². The fourth-order valence-corrected chi connectivity index (χ4v) is 2.17. The number of fused-ring (bicyclic) bond motifs is 1. The molecule has 0 radical (unpaired) electrons. The number of aryl methyl sites for hydroxylation is 1. The molecule has 0 saturated carbocycles. The van der Waals surface area contributed by atoms with Gasteiger partial charge < -0.3 is 0 Å². The minimum atomic E-state index is 0.425. The SMILES string of the molecule is Cc1nc(Cl)c2sc(C#N)cc2n1. The number of nitriles is 1. The van der Waals surface area contributed by atoms with Gasteiger partial charge in [-0.05, 0) is 13.0 Å². The average molecular weight is 210 g/mol. The molecule has 2 aromatic rings. The molecular weight excluding hydrogens is 206 g/mol. The highest BCUT2D eigenvalue weighted by atomic mass is 35.5. The van der Waals surface area contributed by atoms with E-state index in [-0.39, 0.29) is 0 Å². The van der Waals surface area contributed by atoms with Gasteiger partial charge in [-0.2, -0.15) is 5.26 Å². The first-order valence-corrected chi connectivity index (χ1v) is 4.74. The highest BCUT2D eigenvalue weighted by molar-refractivity contribution is 7.20. The van der Waals surface area contributed by atoms with Crippen molar-refractivity contribution >= 4 is 33.2 Å². The van der Waals surface area contributed by atoms with Gasteiger partial charge in [0.1, 0.15) is 16.8 Å². The van der Waals surface area contributed by atoms with Crippen LogP contribution in [0.3, 0.4) is 0 Å². The Morgan fingerprint density at radius 3 is 3.00 bits per heavy atom. The van der Waals surface area contributed by atoms with Gasteiger partial charge in [0.2, 0.25) is 0 Å². The molecule has 0 unspecified atom stereocenters. The summed E-state index contributed by atoms with van der Waals surface area (Å²) < 4.78 is 0.781. The van der Waals surface area contributed by atoms with Crippen LogP contribution in [0.1, 0.15) is 10.7 Å². The molecule has 64 valence electrons. The number of halogens is 1. The second-order valence-electron chi connectivity index (χ2n) is 2.50. The molecule has 0 bridgehead atoms. The molecule has 5 heteroatoms. The smallest absolute Gasteiger partial charge is 0.150 e. The average Bonchev–Trinajstić information content (AvgIpc) is 2.47. The zero-order valence-electron chi connectivity index (χ0n) is 6.71. The van der Waals surface area contributed by atoms with Gasteiger partial charge in [-0.1, -0.05) is 11.6 Å². The van der Waals surface area contributed by atoms with Gasteiger partial charge in [0, 0.05) is 0 Å². The van der Waals surface area contributed by atoms with Crippen LogP contribution in [-0.4, -0.2) is 9.97 Å². The number of rotatable bonds is 0. The molecule has 0 amide bonds. The summed E-state index contributed by atoms with van der Waals surface area (Å²) in [6.45, 7) is 1.77. The van der Waals surface area contributed by atoms with Crippen LogP contribution >= 0.6 is 22.9 Å². The van der Waals surface area contributed by atoms with E-state index < -0.39 is 0 Å². The Balaban J connectivity index is 2.84. The Hall–Kier alpha value is -1.18. The Bertz CT molecular complexity index is 512. The number of thiophene rings is 1. The van der Waals surface area contributed by atoms with Gasteiger partial charge >= 0.3 is 0 Å². The van der Waals surface area contributed by atoms with Gasteiger partial charge in [-0.3, -0.25) is 0 Å². The molecule has 2 aromatic heterocycles. The van der Waals surface area contributed by atoms with Gasteiger partial charge in [0.25, 0.3) is 0 Å². The van der Waals surface area contributed by atoms with Crippen LogP contribution in [-0.2, 0) is 0 Å². The number of aromatic nitrogens is 2. The zero-order valence-corrected chi connectivity index (χ0v) is 8.28. The van der Waals surface area contributed by atoms with E-state index in [0.29, 0.717) is 15.9 Å². The third kappa shape index (κ3) is 1.37. The van der Waals surface area contributed by atoms with Gasteiger partial charge in [0.05, 0.1) is 10.2 Å². The Morgan fingerprint density at radius 2 is 2.31 bits per heavy atom. The molecule has 2 rings (SSSR count). The molecule has 2 heterocycles. The lowest BCUT2D eigenvalue weighted by atomic mass is 10.4. The van der Waals surface area contributed by atoms with Crippen LogP contribution in [0.25, 0.3) is 10.2 Å². The first kappa shape index (κ1) is 8.42. The second kappa shape index (κ2) is 2.95. The second-order valence-corrected chi connectivity index (χ2v) is 3.91. The van der Waals surface area contributed by atoms with Crippen molar-refractivity contribution in [3.63, 3.8) is 0 Å². The molecule has 0 N–H and O–H groups in total. The molecule has 0 aromatic carbocycles. The molecule has 0 saturated heterocycles. The van der Waals surface area contributed by atoms with E-state index in [2.05, 4.69) is 16.0 Å². The lowest BCUT2D eigenvalue weighted by Crippen LogP contribution is -1.86. The molecule has 0 spiro atoms. The normalized spacial score (nSPS) is 10.2. The first-order valence-electron chi connectivity index (χ1n) is 3.54. The highest BCUT2D eigenvalue weighted by Gasteiger charge is 2.07. The van der Waals surface area contributed by atoms with Crippen molar-refractivity contribution in [1.29, 1.82) is 5.26 Å². The Morgan fingerprint density at radius 1 is 1.54 bits per heavy atom. The van der Waals surface area contributed by atoms with Crippen molar-refractivity contribution in [2.24, 2.45) is 0 Å². The third-order valence-corrected chi connectivity index (χ3v) is 2.97. The predicted molar refractivity (Wildman–Crippen MR) is 51.9 cm³/mol. The summed E-state index contributed by atoms with van der Waals surface area (Å²) in [5.41, 5.74) is 0.749. The minimum Gasteiger partial charge on any atom is -0.232 e. The molecule has 0 aliphatic carbocycles. The topological polar surface area (TPSA) is 49.6 Å². The van der Waals surface area contributed by atoms with E-state index in [1.807, 2.05) is 0 Å². The molecule has 0 atom stereocenters. The number of nitrogens with zero attached hydrogens (tertiary/aromatic N) is 3. The maximum atomic E-state index is 8.67. The van der Waals surface area contributed by atoms with Crippen LogP contribution in [0.2, 0.25) is 5.15 Å². The lowest BCUT2D eigenvalue weighted by molar-refractivity contribution is 1.10. The summed E-state index contributed by atoms with van der Waals surface area (Å²) in [6, 6.07) is 3.78. The largest absolute Gasteiger partial charge is 0.232 e. The molecule has 3 nitrogen and oxygen atoms in total. The van der Waals surface area contributed by atoms with Crippen LogP contribution in [0.4, 0.5) is 0 Å². The first-order chi connectivity index (χ1) is 6.20. The summed E-state index contributed by atoms with van der Waals surface area (Å²) in [4.78, 5) is 8.78. The summed E-state index contributed by atoms with van der Waals surface area (Å²) in [7, 11) is 0. The standard InChI is InChI=1S/C8H4ClN3S/c1-4-11-6-2-5(3-10)13-7(6)8(9)12-4/h2H,1H3. The fourth-order valence-electron chi connectivity index (χ4n) is 1.06. The maximum Gasteiger partial charge on any atom is 0.150 e. The molecule has 0 aliphatic heterocycles. The monoisotopic (exact) mass is 209 g/mol. The molecule has 13 heavy (non-hydrogen) atoms. The Labute approximate surface area is 83.6 Å². The fraction of sp³-hybridized carbons (Fsp3) is 0.125. The number of hydrogen-bond donors (Lipinski definition) is 0. The van der Waals surface area contributed by atoms with E-state index in [9.17, 15) is 0 Å². The third-order valence-electron chi connectivity index (χ3n) is 1.55. The maximum absolute atomic E-state index is 8.67.